The summed E-state index contributed by atoms with van der Waals surface area (Å²) in [6.45, 7) is 7.21. The number of carbonyl (C=O) groups is 2. The molecule has 2 unspecified atom stereocenters. The Bertz CT molecular complexity index is 468. The molecule has 0 aromatic carbocycles. The van der Waals surface area contributed by atoms with Crippen LogP contribution in [0.4, 0.5) is 0 Å². The predicted octanol–water partition coefficient (Wildman–Crippen LogP) is 6.90. The number of nitrogens with one attached hydrogen (secondary N) is 3. The van der Waals surface area contributed by atoms with Crippen molar-refractivity contribution in [3.05, 3.63) is 0 Å². The molecule has 0 saturated carbocycles. The zero-order valence-electron chi connectivity index (χ0n) is 23.4. The minimum Gasteiger partial charge on any atom is -0.356 e. The molecule has 1 heterocycles. The van der Waals surface area contributed by atoms with E-state index in [2.05, 4.69) is 29.8 Å². The van der Waals surface area contributed by atoms with Crippen molar-refractivity contribution in [1.82, 2.24) is 16.0 Å². The number of rotatable bonds is 24. The molecule has 0 bridgehead atoms. The van der Waals surface area contributed by atoms with Gasteiger partial charge in [-0.1, -0.05) is 129 Å². The van der Waals surface area contributed by atoms with E-state index in [4.69, 9.17) is 0 Å². The predicted molar refractivity (Wildman–Crippen MR) is 150 cm³/mol. The van der Waals surface area contributed by atoms with Gasteiger partial charge >= 0.3 is 0 Å². The number of amides is 2. The average molecular weight is 494 g/mol. The number of hydrogen-bond acceptors (Lipinski definition) is 3. The van der Waals surface area contributed by atoms with Gasteiger partial charge in [-0.3, -0.25) is 9.59 Å². The Kier molecular flexibility index (Phi) is 21.3. The normalized spacial score (nSPS) is 17.5. The molecule has 0 spiro atoms. The molecule has 2 atom stereocenters. The molecule has 35 heavy (non-hydrogen) atoms. The van der Waals surface area contributed by atoms with Crippen molar-refractivity contribution < 1.29 is 9.59 Å². The monoisotopic (exact) mass is 493 g/mol. The molecule has 1 aliphatic rings. The van der Waals surface area contributed by atoms with Gasteiger partial charge in [0.15, 0.2) is 0 Å². The van der Waals surface area contributed by atoms with Gasteiger partial charge in [-0.2, -0.15) is 0 Å². The Morgan fingerprint density at radius 1 is 0.514 bits per heavy atom. The molecular formula is C30H59N3O2. The molecule has 5 nitrogen and oxygen atoms in total. The van der Waals surface area contributed by atoms with Crippen molar-refractivity contribution in [2.24, 2.45) is 11.8 Å². The molecule has 2 amide bonds. The first-order valence-corrected chi connectivity index (χ1v) is 15.5. The van der Waals surface area contributed by atoms with Crippen LogP contribution < -0.4 is 16.0 Å². The van der Waals surface area contributed by atoms with E-state index in [1.54, 1.807) is 0 Å². The number of hydrogen-bond donors (Lipinski definition) is 3. The standard InChI is InChI=1S/C30H59N3O2/c1-3-5-7-9-11-13-15-17-19-21-23-32-29(34)27-25-31-26-28(27)30(35)33-24-22-20-18-16-14-12-10-8-6-4-2/h27-28,31H,3-26H2,1-2H3,(H,32,34)(H,33,35). The van der Waals surface area contributed by atoms with Crippen molar-refractivity contribution in [2.45, 2.75) is 142 Å². The van der Waals surface area contributed by atoms with Gasteiger partial charge in [0.25, 0.3) is 0 Å². The van der Waals surface area contributed by atoms with Crippen molar-refractivity contribution >= 4 is 11.8 Å². The maximum atomic E-state index is 12.6. The molecule has 1 saturated heterocycles. The van der Waals surface area contributed by atoms with E-state index in [0.29, 0.717) is 13.1 Å². The summed E-state index contributed by atoms with van der Waals surface area (Å²) < 4.78 is 0. The van der Waals surface area contributed by atoms with Gasteiger partial charge in [-0.25, -0.2) is 0 Å². The van der Waals surface area contributed by atoms with Crippen LogP contribution in [0.15, 0.2) is 0 Å². The lowest BCUT2D eigenvalue weighted by Crippen LogP contribution is -2.42. The largest absolute Gasteiger partial charge is 0.356 e. The Hall–Kier alpha value is -1.10. The average Bonchev–Trinajstić information content (AvgIpc) is 3.36. The Morgan fingerprint density at radius 3 is 1.11 bits per heavy atom. The lowest BCUT2D eigenvalue weighted by atomic mass is 9.94. The lowest BCUT2D eigenvalue weighted by Gasteiger charge is -2.18. The van der Waals surface area contributed by atoms with Crippen LogP contribution in [-0.4, -0.2) is 38.0 Å². The first-order chi connectivity index (χ1) is 17.2. The second kappa shape index (κ2) is 23.3. The van der Waals surface area contributed by atoms with Crippen molar-refractivity contribution in [2.75, 3.05) is 26.2 Å². The second-order valence-electron chi connectivity index (χ2n) is 10.8. The van der Waals surface area contributed by atoms with Gasteiger partial charge in [0.1, 0.15) is 0 Å². The van der Waals surface area contributed by atoms with Crippen LogP contribution in [0.25, 0.3) is 0 Å². The van der Waals surface area contributed by atoms with Crippen LogP contribution in [0, 0.1) is 11.8 Å². The van der Waals surface area contributed by atoms with E-state index in [1.807, 2.05) is 0 Å². The lowest BCUT2D eigenvalue weighted by molar-refractivity contribution is -0.132. The van der Waals surface area contributed by atoms with Crippen molar-refractivity contribution in [1.29, 1.82) is 0 Å². The van der Waals surface area contributed by atoms with Gasteiger partial charge in [0.05, 0.1) is 11.8 Å². The molecule has 5 heteroatoms. The first kappa shape index (κ1) is 31.9. The molecule has 206 valence electrons. The smallest absolute Gasteiger partial charge is 0.225 e. The molecule has 1 aliphatic heterocycles. The van der Waals surface area contributed by atoms with Gasteiger partial charge < -0.3 is 16.0 Å². The topological polar surface area (TPSA) is 70.2 Å². The third-order valence-electron chi connectivity index (χ3n) is 7.55. The minimum absolute atomic E-state index is 0.0463. The van der Waals surface area contributed by atoms with Crippen LogP contribution in [0.2, 0.25) is 0 Å². The zero-order chi connectivity index (χ0) is 25.4. The van der Waals surface area contributed by atoms with E-state index in [-0.39, 0.29) is 23.7 Å². The van der Waals surface area contributed by atoms with E-state index >= 15 is 0 Å². The van der Waals surface area contributed by atoms with E-state index in [1.165, 1.54) is 116 Å². The molecule has 0 aromatic heterocycles. The van der Waals surface area contributed by atoms with E-state index < -0.39 is 0 Å². The summed E-state index contributed by atoms with van der Waals surface area (Å²) in [4.78, 5) is 25.3. The summed E-state index contributed by atoms with van der Waals surface area (Å²) in [6.07, 6.45) is 25.9. The van der Waals surface area contributed by atoms with E-state index in [9.17, 15) is 9.59 Å². The highest BCUT2D eigenvalue weighted by molar-refractivity contribution is 5.88. The SMILES string of the molecule is CCCCCCCCCCCCNC(=O)C1CNCC1C(=O)NCCCCCCCCCCCC. The number of unbranched alkanes of at least 4 members (excludes halogenated alkanes) is 18. The molecule has 0 aromatic rings. The molecule has 0 aliphatic carbocycles. The Labute approximate surface area is 217 Å². The summed E-state index contributed by atoms with van der Waals surface area (Å²) in [5.41, 5.74) is 0. The minimum atomic E-state index is -0.231. The number of carbonyl (C=O) groups excluding carboxylic acids is 2. The molecule has 3 N–H and O–H groups in total. The van der Waals surface area contributed by atoms with Crippen LogP contribution >= 0.6 is 0 Å². The van der Waals surface area contributed by atoms with Crippen LogP contribution in [0.1, 0.15) is 142 Å². The summed E-state index contributed by atoms with van der Waals surface area (Å²) in [7, 11) is 0. The highest BCUT2D eigenvalue weighted by Gasteiger charge is 2.37. The summed E-state index contributed by atoms with van der Waals surface area (Å²) in [5.74, 6) is -0.369. The fourth-order valence-electron chi connectivity index (χ4n) is 5.14. The molecule has 0 radical (unpaired) electrons. The van der Waals surface area contributed by atoms with Gasteiger partial charge in [0, 0.05) is 26.2 Å². The second-order valence-corrected chi connectivity index (χ2v) is 10.8. The van der Waals surface area contributed by atoms with Gasteiger partial charge in [-0.15, -0.1) is 0 Å². The Balaban J connectivity index is 2.01. The zero-order valence-corrected chi connectivity index (χ0v) is 23.4. The molecular weight excluding hydrogens is 434 g/mol. The fraction of sp³-hybridized carbons (Fsp3) is 0.933. The first-order valence-electron chi connectivity index (χ1n) is 15.5. The summed E-state index contributed by atoms with van der Waals surface area (Å²) in [6, 6.07) is 0. The van der Waals surface area contributed by atoms with Gasteiger partial charge in [-0.05, 0) is 12.8 Å². The summed E-state index contributed by atoms with van der Waals surface area (Å²) >= 11 is 0. The van der Waals surface area contributed by atoms with E-state index in [0.717, 1.165) is 25.9 Å². The highest BCUT2D eigenvalue weighted by Crippen LogP contribution is 2.18. The maximum absolute atomic E-state index is 12.6. The highest BCUT2D eigenvalue weighted by atomic mass is 16.2. The summed E-state index contributed by atoms with van der Waals surface area (Å²) in [5, 5.41) is 9.42. The van der Waals surface area contributed by atoms with Crippen molar-refractivity contribution in [3.63, 3.8) is 0 Å². The maximum Gasteiger partial charge on any atom is 0.225 e. The Morgan fingerprint density at radius 2 is 0.800 bits per heavy atom. The quantitative estimate of drug-likeness (QED) is 0.128. The third kappa shape index (κ3) is 17.1. The van der Waals surface area contributed by atoms with Crippen LogP contribution in [-0.2, 0) is 9.59 Å². The van der Waals surface area contributed by atoms with Gasteiger partial charge in [0.2, 0.25) is 11.8 Å². The van der Waals surface area contributed by atoms with Crippen LogP contribution in [0.3, 0.4) is 0 Å². The van der Waals surface area contributed by atoms with Crippen LogP contribution in [0.5, 0.6) is 0 Å². The molecule has 1 fully saturated rings. The third-order valence-corrected chi connectivity index (χ3v) is 7.55. The van der Waals surface area contributed by atoms with Crippen molar-refractivity contribution in [3.8, 4) is 0 Å². The molecule has 1 rings (SSSR count). The fourth-order valence-corrected chi connectivity index (χ4v) is 5.14.